The van der Waals surface area contributed by atoms with E-state index >= 15 is 0 Å². The maximum absolute atomic E-state index is 5.77. The third kappa shape index (κ3) is 1.84. The first kappa shape index (κ1) is 10.5. The summed E-state index contributed by atoms with van der Waals surface area (Å²) in [6.07, 6.45) is 5.62. The molecule has 0 atom stereocenters. The quantitative estimate of drug-likeness (QED) is 0.851. The molecule has 1 aliphatic carbocycles. The number of imidazole rings is 1. The van der Waals surface area contributed by atoms with Gasteiger partial charge in [-0.25, -0.2) is 9.97 Å². The molecule has 0 aromatic carbocycles. The van der Waals surface area contributed by atoms with E-state index in [0.717, 1.165) is 37.2 Å². The number of hydrogen-bond donors (Lipinski definition) is 1. The van der Waals surface area contributed by atoms with Crippen LogP contribution in [-0.2, 0) is 11.3 Å². The molecule has 6 heteroatoms. The Balaban J connectivity index is 1.93. The predicted molar refractivity (Wildman–Crippen MR) is 63.3 cm³/mol. The average Bonchev–Trinajstić information content (AvgIpc) is 2.95. The number of aromatic nitrogens is 4. The van der Waals surface area contributed by atoms with E-state index in [1.807, 2.05) is 11.5 Å². The zero-order chi connectivity index (χ0) is 11.9. The summed E-state index contributed by atoms with van der Waals surface area (Å²) in [4.78, 5) is 12.4. The Labute approximate surface area is 98.8 Å². The van der Waals surface area contributed by atoms with Gasteiger partial charge in [0.25, 0.3) is 0 Å². The highest BCUT2D eigenvalue weighted by atomic mass is 16.5. The van der Waals surface area contributed by atoms with E-state index in [4.69, 9.17) is 10.5 Å². The first-order valence-corrected chi connectivity index (χ1v) is 5.80. The van der Waals surface area contributed by atoms with Crippen molar-refractivity contribution in [3.63, 3.8) is 0 Å². The number of nitrogen functional groups attached to an aromatic ring is 1. The van der Waals surface area contributed by atoms with Crippen LogP contribution >= 0.6 is 0 Å². The fourth-order valence-corrected chi connectivity index (χ4v) is 2.09. The van der Waals surface area contributed by atoms with Gasteiger partial charge in [0, 0.05) is 6.61 Å². The molecule has 6 nitrogen and oxygen atoms in total. The van der Waals surface area contributed by atoms with E-state index in [9.17, 15) is 0 Å². The minimum Gasteiger partial charge on any atom is -0.373 e. The van der Waals surface area contributed by atoms with Crippen LogP contribution in [0.3, 0.4) is 0 Å². The van der Waals surface area contributed by atoms with Gasteiger partial charge in [-0.2, -0.15) is 4.98 Å². The van der Waals surface area contributed by atoms with Gasteiger partial charge in [-0.1, -0.05) is 0 Å². The number of rotatable bonds is 4. The van der Waals surface area contributed by atoms with Crippen molar-refractivity contribution in [3.8, 4) is 0 Å². The molecule has 1 aliphatic rings. The number of fused-ring (bicyclic) bond motifs is 1. The molecule has 2 N–H and O–H groups in total. The van der Waals surface area contributed by atoms with Crippen molar-refractivity contribution in [2.24, 2.45) is 0 Å². The Hall–Kier alpha value is -1.69. The highest BCUT2D eigenvalue weighted by Crippen LogP contribution is 2.41. The van der Waals surface area contributed by atoms with Crippen LogP contribution in [-0.4, -0.2) is 31.7 Å². The van der Waals surface area contributed by atoms with Gasteiger partial charge in [-0.15, -0.1) is 0 Å². The van der Waals surface area contributed by atoms with Gasteiger partial charge in [-0.3, -0.25) is 0 Å². The van der Waals surface area contributed by atoms with Crippen LogP contribution in [0, 0.1) is 0 Å². The molecule has 3 rings (SSSR count). The van der Waals surface area contributed by atoms with Crippen LogP contribution in [0.1, 0.15) is 19.8 Å². The molecule has 0 unspecified atom stereocenters. The molecular formula is C11H15N5O. The molecule has 90 valence electrons. The van der Waals surface area contributed by atoms with Crippen LogP contribution in [0.5, 0.6) is 0 Å². The topological polar surface area (TPSA) is 78.8 Å². The molecule has 2 aromatic heterocycles. The Morgan fingerprint density at radius 3 is 3.00 bits per heavy atom. The van der Waals surface area contributed by atoms with Gasteiger partial charge in [0.05, 0.1) is 24.7 Å². The smallest absolute Gasteiger partial charge is 0.222 e. The molecule has 0 aliphatic heterocycles. The summed E-state index contributed by atoms with van der Waals surface area (Å²) in [5.74, 6) is 0.278. The second-order valence-corrected chi connectivity index (χ2v) is 4.43. The lowest BCUT2D eigenvalue weighted by Gasteiger charge is -2.15. The summed E-state index contributed by atoms with van der Waals surface area (Å²) in [7, 11) is 0. The summed E-state index contributed by atoms with van der Waals surface area (Å²) >= 11 is 0. The lowest BCUT2D eigenvalue weighted by Crippen LogP contribution is -2.21. The molecule has 2 aromatic rings. The van der Waals surface area contributed by atoms with Gasteiger partial charge >= 0.3 is 0 Å². The number of nitrogens with two attached hydrogens (primary N) is 1. The zero-order valence-electron chi connectivity index (χ0n) is 9.76. The van der Waals surface area contributed by atoms with E-state index in [1.54, 1.807) is 12.5 Å². The Morgan fingerprint density at radius 2 is 2.29 bits per heavy atom. The SMILES string of the molecule is CCOC1(Cn2cnc3cnc(N)nc32)CC1. The van der Waals surface area contributed by atoms with Gasteiger partial charge in [0.1, 0.15) is 5.52 Å². The molecule has 0 radical (unpaired) electrons. The van der Waals surface area contributed by atoms with Gasteiger partial charge in [0.2, 0.25) is 5.95 Å². The molecule has 0 amide bonds. The highest BCUT2D eigenvalue weighted by Gasteiger charge is 2.44. The van der Waals surface area contributed by atoms with E-state index < -0.39 is 0 Å². The predicted octanol–water partition coefficient (Wildman–Crippen LogP) is 0.978. The lowest BCUT2D eigenvalue weighted by molar-refractivity contribution is 0.0298. The minimum atomic E-state index is -0.0118. The molecule has 1 saturated carbocycles. The normalized spacial score (nSPS) is 17.5. The Morgan fingerprint density at radius 1 is 1.47 bits per heavy atom. The average molecular weight is 233 g/mol. The van der Waals surface area contributed by atoms with Gasteiger partial charge in [-0.05, 0) is 19.8 Å². The molecular weight excluding hydrogens is 218 g/mol. The third-order valence-corrected chi connectivity index (χ3v) is 3.09. The summed E-state index contributed by atoms with van der Waals surface area (Å²) in [6, 6.07) is 0. The molecule has 1 fully saturated rings. The fraction of sp³-hybridized carbons (Fsp3) is 0.545. The van der Waals surface area contributed by atoms with Crippen LogP contribution in [0.2, 0.25) is 0 Å². The second kappa shape index (κ2) is 3.66. The number of hydrogen-bond acceptors (Lipinski definition) is 5. The van der Waals surface area contributed by atoms with Crippen molar-refractivity contribution >= 4 is 17.1 Å². The fourth-order valence-electron chi connectivity index (χ4n) is 2.09. The van der Waals surface area contributed by atoms with Crippen LogP contribution in [0.4, 0.5) is 5.95 Å². The molecule has 0 saturated heterocycles. The molecule has 17 heavy (non-hydrogen) atoms. The first-order valence-electron chi connectivity index (χ1n) is 5.80. The molecule has 2 heterocycles. The number of ether oxygens (including phenoxy) is 1. The summed E-state index contributed by atoms with van der Waals surface area (Å²) < 4.78 is 7.77. The largest absolute Gasteiger partial charge is 0.373 e. The third-order valence-electron chi connectivity index (χ3n) is 3.09. The zero-order valence-corrected chi connectivity index (χ0v) is 9.76. The van der Waals surface area contributed by atoms with Crippen molar-refractivity contribution in [2.45, 2.75) is 31.9 Å². The summed E-state index contributed by atoms with van der Waals surface area (Å²) in [5, 5.41) is 0. The van der Waals surface area contributed by atoms with Crippen molar-refractivity contribution in [2.75, 3.05) is 12.3 Å². The van der Waals surface area contributed by atoms with Crippen molar-refractivity contribution in [3.05, 3.63) is 12.5 Å². The van der Waals surface area contributed by atoms with Crippen LogP contribution in [0.25, 0.3) is 11.2 Å². The highest BCUT2D eigenvalue weighted by molar-refractivity contribution is 5.70. The molecule has 0 spiro atoms. The van der Waals surface area contributed by atoms with Crippen LogP contribution in [0.15, 0.2) is 12.5 Å². The van der Waals surface area contributed by atoms with E-state index in [-0.39, 0.29) is 11.5 Å². The Bertz CT molecular complexity index is 546. The second-order valence-electron chi connectivity index (χ2n) is 4.43. The standard InChI is InChI=1S/C11H15N5O/c1-2-17-11(3-4-11)6-16-7-14-8-5-13-10(12)15-9(8)16/h5,7H,2-4,6H2,1H3,(H2,12,13,15). The first-order chi connectivity index (χ1) is 8.22. The van der Waals surface area contributed by atoms with Gasteiger partial charge < -0.3 is 15.0 Å². The monoisotopic (exact) mass is 233 g/mol. The lowest BCUT2D eigenvalue weighted by atomic mass is 10.3. The summed E-state index contributed by atoms with van der Waals surface area (Å²) in [6.45, 7) is 3.55. The molecule has 0 bridgehead atoms. The summed E-state index contributed by atoms with van der Waals surface area (Å²) in [5.41, 5.74) is 7.13. The minimum absolute atomic E-state index is 0.0118. The number of nitrogens with zero attached hydrogens (tertiary/aromatic N) is 4. The maximum atomic E-state index is 5.77. The van der Waals surface area contributed by atoms with E-state index in [1.165, 1.54) is 0 Å². The van der Waals surface area contributed by atoms with Crippen molar-refractivity contribution < 1.29 is 4.74 Å². The van der Waals surface area contributed by atoms with Crippen molar-refractivity contribution in [1.29, 1.82) is 0 Å². The van der Waals surface area contributed by atoms with Crippen LogP contribution < -0.4 is 5.73 Å². The van der Waals surface area contributed by atoms with Gasteiger partial charge in [0.15, 0.2) is 5.65 Å². The maximum Gasteiger partial charge on any atom is 0.222 e. The van der Waals surface area contributed by atoms with E-state index in [0.29, 0.717) is 0 Å². The number of anilines is 1. The Kier molecular flexibility index (Phi) is 2.25. The van der Waals surface area contributed by atoms with E-state index in [2.05, 4.69) is 15.0 Å². The van der Waals surface area contributed by atoms with Crippen molar-refractivity contribution in [1.82, 2.24) is 19.5 Å².